The van der Waals surface area contributed by atoms with E-state index in [-0.39, 0.29) is 32.0 Å². The highest BCUT2D eigenvalue weighted by atomic mass is 31.2. The van der Waals surface area contributed by atoms with Gasteiger partial charge in [-0.25, -0.2) is 0 Å². The number of likely N-dealkylation sites (N-methyl/N-ethyl adjacent to an activating group) is 1. The van der Waals surface area contributed by atoms with Crippen molar-refractivity contribution in [3.05, 3.63) is 109 Å². The van der Waals surface area contributed by atoms with Crippen LogP contribution in [0.3, 0.4) is 0 Å². The van der Waals surface area contributed by atoms with Crippen molar-refractivity contribution in [2.75, 3.05) is 47.5 Å². The Balaban J connectivity index is 4.04. The van der Waals surface area contributed by atoms with E-state index in [1.54, 1.807) is 0 Å². The maximum absolute atomic E-state index is 12.9. The Hall–Kier alpha value is -3.33. The molecule has 0 N–H and O–H groups in total. The summed E-state index contributed by atoms with van der Waals surface area (Å²) in [5, 5.41) is 0. The van der Waals surface area contributed by atoms with Gasteiger partial charge in [-0.1, -0.05) is 361 Å². The minimum atomic E-state index is -4.66. The van der Waals surface area contributed by atoms with E-state index in [4.69, 9.17) is 18.5 Å². The fraction of sp³-hybridized carbons (Fsp3) is 0.756. The largest absolute Gasteiger partial charge is 0.756 e. The van der Waals surface area contributed by atoms with Gasteiger partial charge in [0.15, 0.2) is 6.10 Å². The second-order valence-corrected chi connectivity index (χ2v) is 28.4. The molecule has 0 aromatic carbocycles. The average Bonchev–Trinajstić information content (AvgIpc) is 2.23. The van der Waals surface area contributed by atoms with E-state index < -0.39 is 26.5 Å². The number of nitrogens with zero attached hydrogens (tertiary/aromatic N) is 1. The van der Waals surface area contributed by atoms with Crippen LogP contribution in [0.15, 0.2) is 109 Å². The maximum atomic E-state index is 12.9. The summed E-state index contributed by atoms with van der Waals surface area (Å²) in [5.74, 6) is -0.848. The summed E-state index contributed by atoms with van der Waals surface area (Å²) in [5.41, 5.74) is 0. The number of allylic oxidation sites excluding steroid dienone is 18. The number of quaternary nitrogens is 1. The van der Waals surface area contributed by atoms with Gasteiger partial charge in [0.1, 0.15) is 19.8 Å². The van der Waals surface area contributed by atoms with Crippen molar-refractivity contribution in [3.63, 3.8) is 0 Å². The molecule has 0 aliphatic carbocycles. The van der Waals surface area contributed by atoms with Crippen molar-refractivity contribution in [2.24, 2.45) is 0 Å². The lowest BCUT2D eigenvalue weighted by molar-refractivity contribution is -0.870. The molecule has 0 aliphatic rings. The number of carbonyl (C=O) groups is 2. The molecule has 0 fully saturated rings. The van der Waals surface area contributed by atoms with Crippen LogP contribution in [0.4, 0.5) is 0 Å². The number of carbonyl (C=O) groups excluding carboxylic acids is 2. The highest BCUT2D eigenvalue weighted by molar-refractivity contribution is 7.45. The van der Waals surface area contributed by atoms with Crippen LogP contribution < -0.4 is 4.89 Å². The summed E-state index contributed by atoms with van der Waals surface area (Å²) in [7, 11) is 1.15. The third kappa shape index (κ3) is 75.7. The SMILES string of the molecule is CC/C=C\C/C=C\C/C=C\C/C=C\C/C=C\C/C=C\C/C=C\C/C=C\C/C=C\CCCCCCCC(=O)OC(COC(=O)CCCCCCCCCCCCCCCCCCCCCCCCCCCCCCCCCCCCC)COP(=O)([O-])OCC[N+](C)(C)C. The number of unbranched alkanes of at least 4 members (excludes halogenated alkanes) is 39. The van der Waals surface area contributed by atoms with Crippen molar-refractivity contribution in [1.82, 2.24) is 0 Å². The molecule has 2 atom stereocenters. The van der Waals surface area contributed by atoms with Crippen LogP contribution in [0.5, 0.6) is 0 Å². The molecule has 9 nitrogen and oxygen atoms in total. The Morgan fingerprint density at radius 1 is 0.348 bits per heavy atom. The molecular formula is C82H146NO8P. The first-order valence-corrected chi connectivity index (χ1v) is 40.1. The van der Waals surface area contributed by atoms with E-state index in [2.05, 4.69) is 123 Å². The quantitative estimate of drug-likeness (QED) is 0.0195. The van der Waals surface area contributed by atoms with Crippen LogP contribution in [-0.2, 0) is 32.7 Å². The summed E-state index contributed by atoms with van der Waals surface area (Å²) >= 11 is 0. The van der Waals surface area contributed by atoms with Gasteiger partial charge in [-0.3, -0.25) is 14.2 Å². The number of phosphoric ester groups is 1. The maximum Gasteiger partial charge on any atom is 0.306 e. The average molecular weight is 1310 g/mol. The zero-order chi connectivity index (χ0) is 66.9. The smallest absolute Gasteiger partial charge is 0.306 e. The molecular weight excluding hydrogens is 1160 g/mol. The molecule has 2 unspecified atom stereocenters. The van der Waals surface area contributed by atoms with E-state index in [0.717, 1.165) is 109 Å². The normalized spacial score (nSPS) is 13.7. The van der Waals surface area contributed by atoms with E-state index in [0.29, 0.717) is 17.4 Å². The van der Waals surface area contributed by atoms with Crippen LogP contribution in [0, 0.1) is 0 Å². The molecule has 0 saturated carbocycles. The van der Waals surface area contributed by atoms with Gasteiger partial charge >= 0.3 is 11.9 Å². The van der Waals surface area contributed by atoms with Crippen molar-refractivity contribution in [1.29, 1.82) is 0 Å². The highest BCUT2D eigenvalue weighted by Crippen LogP contribution is 2.38. The molecule has 0 spiro atoms. The lowest BCUT2D eigenvalue weighted by Gasteiger charge is -2.28. The molecule has 0 aliphatic heterocycles. The molecule has 0 rings (SSSR count). The van der Waals surface area contributed by atoms with E-state index >= 15 is 0 Å². The van der Waals surface area contributed by atoms with Gasteiger partial charge in [-0.05, 0) is 83.5 Å². The third-order valence-electron chi connectivity index (χ3n) is 16.8. The van der Waals surface area contributed by atoms with Gasteiger partial charge in [0, 0.05) is 12.8 Å². The molecule has 0 radical (unpaired) electrons. The van der Waals surface area contributed by atoms with Crippen LogP contribution in [0.2, 0.25) is 0 Å². The van der Waals surface area contributed by atoms with Crippen LogP contribution in [-0.4, -0.2) is 70.0 Å². The number of ether oxygens (including phenoxy) is 2. The van der Waals surface area contributed by atoms with Crippen LogP contribution in [0.1, 0.15) is 348 Å². The van der Waals surface area contributed by atoms with Crippen molar-refractivity contribution < 1.29 is 42.1 Å². The second-order valence-electron chi connectivity index (χ2n) is 27.0. The molecule has 0 aromatic rings. The minimum absolute atomic E-state index is 0.0388. The first-order valence-electron chi connectivity index (χ1n) is 38.6. The van der Waals surface area contributed by atoms with Gasteiger partial charge in [0.25, 0.3) is 7.82 Å². The Labute approximate surface area is 569 Å². The monoisotopic (exact) mass is 1300 g/mol. The summed E-state index contributed by atoms with van der Waals surface area (Å²) < 4.78 is 34.3. The predicted octanol–water partition coefficient (Wildman–Crippen LogP) is 25.0. The van der Waals surface area contributed by atoms with Crippen molar-refractivity contribution in [2.45, 2.75) is 354 Å². The Morgan fingerprint density at radius 2 is 0.620 bits per heavy atom. The van der Waals surface area contributed by atoms with Crippen LogP contribution >= 0.6 is 7.82 Å². The zero-order valence-electron chi connectivity index (χ0n) is 60.7. The van der Waals surface area contributed by atoms with Gasteiger partial charge in [-0.15, -0.1) is 0 Å². The molecule has 0 heterocycles. The predicted molar refractivity (Wildman–Crippen MR) is 397 cm³/mol. The Bertz CT molecular complexity index is 1920. The molecule has 0 saturated heterocycles. The topological polar surface area (TPSA) is 111 Å². The fourth-order valence-corrected chi connectivity index (χ4v) is 11.7. The Morgan fingerprint density at radius 3 is 0.924 bits per heavy atom. The van der Waals surface area contributed by atoms with Gasteiger partial charge in [-0.2, -0.15) is 0 Å². The van der Waals surface area contributed by atoms with Gasteiger partial charge in [0.05, 0.1) is 27.7 Å². The third-order valence-corrected chi connectivity index (χ3v) is 17.8. The second kappa shape index (κ2) is 72.0. The zero-order valence-corrected chi connectivity index (χ0v) is 61.6. The molecule has 92 heavy (non-hydrogen) atoms. The summed E-state index contributed by atoms with van der Waals surface area (Å²) in [6, 6.07) is 0. The Kier molecular flexibility index (Phi) is 69.3. The molecule has 0 bridgehead atoms. The molecule has 532 valence electrons. The molecule has 0 amide bonds. The summed E-state index contributed by atoms with van der Waals surface area (Å²) in [6.45, 7) is 4.14. The standard InChI is InChI=1S/C82H146NO8P/c1-6-8-10-12-14-16-18-20-22-24-26-28-30-32-34-36-38-40-41-43-44-46-48-50-52-54-56-58-60-62-64-66-68-70-72-74-81(84)88-78-80(79-90-92(86,87)89-77-76-83(3,4)5)91-82(85)75-73-71-69-67-65-63-61-59-57-55-53-51-49-47-45-42-39-37-35-33-31-29-27-25-23-21-19-17-15-13-11-9-7-2/h9,11,15,17,21,23,27,29,33,35,39,42,47,49,53,55,59,61,80H,6-8,10,12-14,16,18-20,22,24-26,28,30-32,34,36-38,40-41,43-46,48,50-52,54,56-58,60,62-79H2,1-5H3/b11-9-,17-15-,23-21-,29-27-,35-33-,42-39-,49-47-,55-53-,61-59-. The first kappa shape index (κ1) is 88.7. The van der Waals surface area contributed by atoms with Crippen molar-refractivity contribution in [3.8, 4) is 0 Å². The highest BCUT2D eigenvalue weighted by Gasteiger charge is 2.22. The number of hydrogen-bond donors (Lipinski definition) is 0. The number of phosphoric acid groups is 1. The molecule has 0 aromatic heterocycles. The summed E-state index contributed by atoms with van der Waals surface area (Å²) in [4.78, 5) is 38.1. The lowest BCUT2D eigenvalue weighted by atomic mass is 10.0. The number of esters is 2. The summed E-state index contributed by atoms with van der Waals surface area (Å²) in [6.07, 6.45) is 102. The number of hydrogen-bond acceptors (Lipinski definition) is 8. The van der Waals surface area contributed by atoms with Gasteiger partial charge < -0.3 is 27.9 Å². The fourth-order valence-electron chi connectivity index (χ4n) is 10.9. The van der Waals surface area contributed by atoms with E-state index in [9.17, 15) is 19.0 Å². The van der Waals surface area contributed by atoms with Gasteiger partial charge in [0.2, 0.25) is 0 Å². The first-order chi connectivity index (χ1) is 45.0. The van der Waals surface area contributed by atoms with E-state index in [1.165, 1.54) is 205 Å². The molecule has 10 heteroatoms. The number of rotatable bonds is 71. The van der Waals surface area contributed by atoms with Crippen molar-refractivity contribution >= 4 is 19.8 Å². The minimum Gasteiger partial charge on any atom is -0.756 e. The van der Waals surface area contributed by atoms with E-state index in [1.807, 2.05) is 21.1 Å². The lowest BCUT2D eigenvalue weighted by Crippen LogP contribution is -2.37. The van der Waals surface area contributed by atoms with Crippen LogP contribution in [0.25, 0.3) is 0 Å².